The number of ether oxygens (including phenoxy) is 2. The maximum absolute atomic E-state index is 12.3. The Hall–Kier alpha value is -3.35. The fourth-order valence-corrected chi connectivity index (χ4v) is 2.93. The molecule has 0 aromatic heterocycles. The number of rotatable bonds is 9. The zero-order valence-electron chi connectivity index (χ0n) is 17.9. The highest BCUT2D eigenvalue weighted by molar-refractivity contribution is 5.96. The van der Waals surface area contributed by atoms with Crippen LogP contribution in [0.4, 0.5) is 5.69 Å². The van der Waals surface area contributed by atoms with E-state index in [1.165, 1.54) is 0 Å². The van der Waals surface area contributed by atoms with Crippen LogP contribution in [-0.4, -0.2) is 49.0 Å². The predicted molar refractivity (Wildman–Crippen MR) is 115 cm³/mol. The Morgan fingerprint density at radius 3 is 2.07 bits per heavy atom. The molecule has 0 bridgehead atoms. The molecule has 2 rings (SSSR count). The lowest BCUT2D eigenvalue weighted by Gasteiger charge is -2.18. The van der Waals surface area contributed by atoms with Gasteiger partial charge >= 0.3 is 5.97 Å². The highest BCUT2D eigenvalue weighted by Crippen LogP contribution is 2.22. The molecule has 0 aliphatic heterocycles. The number of benzene rings is 2. The van der Waals surface area contributed by atoms with Crippen molar-refractivity contribution in [2.75, 3.05) is 31.6 Å². The van der Waals surface area contributed by atoms with Gasteiger partial charge < -0.3 is 19.7 Å². The van der Waals surface area contributed by atoms with E-state index in [2.05, 4.69) is 5.32 Å². The Labute approximate surface area is 177 Å². The van der Waals surface area contributed by atoms with Gasteiger partial charge in [0.1, 0.15) is 5.75 Å². The minimum Gasteiger partial charge on any atom is -0.481 e. The lowest BCUT2D eigenvalue weighted by molar-refractivity contribution is -0.149. The normalized spacial score (nSPS) is 10.3. The van der Waals surface area contributed by atoms with E-state index < -0.39 is 18.5 Å². The van der Waals surface area contributed by atoms with Crippen molar-refractivity contribution >= 4 is 23.5 Å². The summed E-state index contributed by atoms with van der Waals surface area (Å²) >= 11 is 0. The quantitative estimate of drug-likeness (QED) is 0.639. The maximum atomic E-state index is 12.3. The second-order valence-corrected chi connectivity index (χ2v) is 6.77. The summed E-state index contributed by atoms with van der Waals surface area (Å²) in [5.41, 5.74) is 2.90. The Morgan fingerprint density at radius 2 is 1.50 bits per heavy atom. The average molecular weight is 412 g/mol. The van der Waals surface area contributed by atoms with Crippen molar-refractivity contribution in [3.8, 4) is 5.75 Å². The topological polar surface area (TPSA) is 84.9 Å². The van der Waals surface area contributed by atoms with Crippen LogP contribution in [0.3, 0.4) is 0 Å². The minimum atomic E-state index is -0.632. The van der Waals surface area contributed by atoms with Crippen LogP contribution in [0, 0.1) is 13.8 Å². The van der Waals surface area contributed by atoms with Crippen molar-refractivity contribution in [3.05, 3.63) is 59.2 Å². The van der Waals surface area contributed by atoms with Gasteiger partial charge in [-0.3, -0.25) is 9.59 Å². The van der Waals surface area contributed by atoms with E-state index >= 15 is 0 Å². The molecule has 0 heterocycles. The molecule has 0 saturated heterocycles. The highest BCUT2D eigenvalue weighted by Gasteiger charge is 2.13. The van der Waals surface area contributed by atoms with Crippen molar-refractivity contribution < 1.29 is 23.9 Å². The fraction of sp³-hybridized carbons (Fsp3) is 0.348. The Morgan fingerprint density at radius 1 is 0.900 bits per heavy atom. The maximum Gasteiger partial charge on any atom is 0.344 e. The molecule has 0 fully saturated rings. The summed E-state index contributed by atoms with van der Waals surface area (Å²) in [6.07, 6.45) is 0. The van der Waals surface area contributed by atoms with Crippen molar-refractivity contribution in [3.63, 3.8) is 0 Å². The molecule has 160 valence electrons. The summed E-state index contributed by atoms with van der Waals surface area (Å²) in [5.74, 6) is -0.528. The number of carbonyl (C=O) groups excluding carboxylic acids is 3. The van der Waals surface area contributed by atoms with Crippen molar-refractivity contribution in [1.82, 2.24) is 4.90 Å². The second kappa shape index (κ2) is 11.0. The summed E-state index contributed by atoms with van der Waals surface area (Å²) in [6.45, 7) is 8.19. The molecule has 0 radical (unpaired) electrons. The minimum absolute atomic E-state index is 0.0595. The zero-order valence-corrected chi connectivity index (χ0v) is 17.9. The van der Waals surface area contributed by atoms with Crippen LogP contribution in [0.25, 0.3) is 0 Å². The Bertz CT molecular complexity index is 869. The standard InChI is InChI=1S/C23H28N2O5/c1-5-25(6-2)23(28)18-10-12-19(13-11-18)24-20(26)14-29-21(27)15-30-22-16(3)8-7-9-17(22)4/h7-13H,5-6,14-15H2,1-4H3,(H,24,26). The molecular formula is C23H28N2O5. The summed E-state index contributed by atoms with van der Waals surface area (Å²) in [6, 6.07) is 12.3. The van der Waals surface area contributed by atoms with Crippen LogP contribution < -0.4 is 10.1 Å². The number of esters is 1. The molecule has 0 aliphatic carbocycles. The number of aryl methyl sites for hydroxylation is 2. The molecule has 0 unspecified atom stereocenters. The van der Waals surface area contributed by atoms with Crippen molar-refractivity contribution in [1.29, 1.82) is 0 Å². The number of anilines is 1. The molecule has 2 aromatic carbocycles. The molecule has 0 atom stereocenters. The van der Waals surface area contributed by atoms with Gasteiger partial charge in [0.05, 0.1) is 0 Å². The van der Waals surface area contributed by atoms with Gasteiger partial charge in [-0.1, -0.05) is 18.2 Å². The number of carbonyl (C=O) groups is 3. The van der Waals surface area contributed by atoms with Crippen LogP contribution in [-0.2, 0) is 14.3 Å². The molecule has 0 saturated carbocycles. The van der Waals surface area contributed by atoms with E-state index in [4.69, 9.17) is 9.47 Å². The first kappa shape index (κ1) is 22.9. The van der Waals surface area contributed by atoms with Crippen LogP contribution in [0.15, 0.2) is 42.5 Å². The van der Waals surface area contributed by atoms with Gasteiger partial charge in [-0.2, -0.15) is 0 Å². The molecule has 1 N–H and O–H groups in total. The molecule has 0 aliphatic rings. The van der Waals surface area contributed by atoms with Gasteiger partial charge in [0.15, 0.2) is 13.2 Å². The van der Waals surface area contributed by atoms with Gasteiger partial charge in [0, 0.05) is 24.3 Å². The molecule has 0 spiro atoms. The van der Waals surface area contributed by atoms with Gasteiger partial charge in [-0.15, -0.1) is 0 Å². The van der Waals surface area contributed by atoms with Crippen molar-refractivity contribution in [2.45, 2.75) is 27.7 Å². The van der Waals surface area contributed by atoms with Gasteiger partial charge in [0.25, 0.3) is 11.8 Å². The van der Waals surface area contributed by atoms with Gasteiger partial charge in [0.2, 0.25) is 0 Å². The first-order chi connectivity index (χ1) is 14.3. The number of hydrogen-bond donors (Lipinski definition) is 1. The molecule has 7 heteroatoms. The van der Waals surface area contributed by atoms with E-state index in [0.29, 0.717) is 30.1 Å². The van der Waals surface area contributed by atoms with E-state index in [1.807, 2.05) is 45.9 Å². The highest BCUT2D eigenvalue weighted by atomic mass is 16.6. The van der Waals surface area contributed by atoms with E-state index in [0.717, 1.165) is 11.1 Å². The predicted octanol–water partition coefficient (Wildman–Crippen LogP) is 3.35. The van der Waals surface area contributed by atoms with Gasteiger partial charge in [-0.05, 0) is 63.1 Å². The Balaban J connectivity index is 1.80. The summed E-state index contributed by atoms with van der Waals surface area (Å²) in [4.78, 5) is 37.9. The average Bonchev–Trinajstić information content (AvgIpc) is 2.73. The monoisotopic (exact) mass is 412 g/mol. The van der Waals surface area contributed by atoms with E-state index in [1.54, 1.807) is 29.2 Å². The van der Waals surface area contributed by atoms with Crippen LogP contribution >= 0.6 is 0 Å². The van der Waals surface area contributed by atoms with Crippen LogP contribution in [0.5, 0.6) is 5.75 Å². The number of nitrogens with one attached hydrogen (secondary N) is 1. The van der Waals surface area contributed by atoms with Gasteiger partial charge in [-0.25, -0.2) is 4.79 Å². The number of amides is 2. The van der Waals surface area contributed by atoms with Crippen LogP contribution in [0.1, 0.15) is 35.3 Å². The van der Waals surface area contributed by atoms with Crippen LogP contribution in [0.2, 0.25) is 0 Å². The Kier molecular flexibility index (Phi) is 8.41. The molecular weight excluding hydrogens is 384 g/mol. The van der Waals surface area contributed by atoms with Crippen molar-refractivity contribution in [2.24, 2.45) is 0 Å². The number of nitrogens with zero attached hydrogens (tertiary/aromatic N) is 1. The molecule has 2 amide bonds. The third kappa shape index (κ3) is 6.34. The zero-order chi connectivity index (χ0) is 22.1. The summed E-state index contributed by atoms with van der Waals surface area (Å²) in [5, 5.41) is 2.63. The third-order valence-corrected chi connectivity index (χ3v) is 4.57. The first-order valence-corrected chi connectivity index (χ1v) is 9.89. The lowest BCUT2D eigenvalue weighted by Crippen LogP contribution is -2.30. The largest absolute Gasteiger partial charge is 0.481 e. The summed E-state index contributed by atoms with van der Waals surface area (Å²) in [7, 11) is 0. The number of hydrogen-bond acceptors (Lipinski definition) is 5. The SMILES string of the molecule is CCN(CC)C(=O)c1ccc(NC(=O)COC(=O)COc2c(C)cccc2C)cc1. The van der Waals surface area contributed by atoms with E-state index in [-0.39, 0.29) is 12.5 Å². The first-order valence-electron chi connectivity index (χ1n) is 9.89. The fourth-order valence-electron chi connectivity index (χ4n) is 2.93. The molecule has 2 aromatic rings. The molecule has 7 nitrogen and oxygen atoms in total. The second-order valence-electron chi connectivity index (χ2n) is 6.77. The smallest absolute Gasteiger partial charge is 0.344 e. The molecule has 30 heavy (non-hydrogen) atoms. The third-order valence-electron chi connectivity index (χ3n) is 4.57. The van der Waals surface area contributed by atoms with E-state index in [9.17, 15) is 14.4 Å². The summed E-state index contributed by atoms with van der Waals surface area (Å²) < 4.78 is 10.5. The number of para-hydroxylation sites is 1. The lowest BCUT2D eigenvalue weighted by atomic mass is 10.1.